The smallest absolute Gasteiger partial charge is 0.408 e. The second-order valence-electron chi connectivity index (χ2n) is 8.90. The van der Waals surface area contributed by atoms with Gasteiger partial charge in [-0.2, -0.15) is 0 Å². The highest BCUT2D eigenvalue weighted by atomic mass is 16.6. The highest BCUT2D eigenvalue weighted by molar-refractivity contribution is 5.81. The van der Waals surface area contributed by atoms with Crippen LogP contribution in [0, 0.1) is 0 Å². The van der Waals surface area contributed by atoms with E-state index < -0.39 is 42.0 Å². The van der Waals surface area contributed by atoms with Crippen LogP contribution in [0.1, 0.15) is 53.0 Å². The van der Waals surface area contributed by atoms with E-state index >= 15 is 0 Å². The molecule has 8 heteroatoms. The van der Waals surface area contributed by atoms with Crippen molar-refractivity contribution in [3.05, 3.63) is 35.9 Å². The number of unbranched alkanes of at least 4 members (excludes halogenated alkanes) is 1. The molecule has 1 aromatic carbocycles. The fraction of sp³-hybridized carbons (Fsp3) is 0.667. The molecule has 1 N–H and O–H groups in total. The van der Waals surface area contributed by atoms with Crippen LogP contribution in [0.3, 0.4) is 0 Å². The molecule has 4 atom stereocenters. The number of esters is 1. The molecule has 32 heavy (non-hydrogen) atoms. The highest BCUT2D eigenvalue weighted by Crippen LogP contribution is 2.19. The third kappa shape index (κ3) is 9.14. The first kappa shape index (κ1) is 26.1. The molecule has 1 aliphatic heterocycles. The summed E-state index contributed by atoms with van der Waals surface area (Å²) in [5.74, 6) is -0.606. The predicted octanol–water partition coefficient (Wildman–Crippen LogP) is 3.61. The summed E-state index contributed by atoms with van der Waals surface area (Å²) in [5.41, 5.74) is 0.318. The van der Waals surface area contributed by atoms with Gasteiger partial charge in [-0.05, 0) is 39.7 Å². The van der Waals surface area contributed by atoms with Gasteiger partial charge in [-0.15, -0.1) is 0 Å². The average molecular weight is 452 g/mol. The maximum absolute atomic E-state index is 12.7. The van der Waals surface area contributed by atoms with Crippen LogP contribution in [0.25, 0.3) is 0 Å². The standard InChI is InChI=1S/C24H37NO7/c1-6-7-13-29-20-16-28-15-19(25-23(27)32-24(3,4)5)22(26)31-17(2)21(20)30-14-18-11-9-8-10-12-18/h8-12,17,19-21H,6-7,13-16H2,1-5H3,(H,25,27)/t17-,19-,20-,21-/m0/s1. The van der Waals surface area contributed by atoms with Crippen LogP contribution in [0.5, 0.6) is 0 Å². The predicted molar refractivity (Wildman–Crippen MR) is 119 cm³/mol. The molecule has 1 aromatic rings. The van der Waals surface area contributed by atoms with Gasteiger partial charge < -0.3 is 29.0 Å². The van der Waals surface area contributed by atoms with Crippen LogP contribution in [0.2, 0.25) is 0 Å². The third-order valence-corrected chi connectivity index (χ3v) is 4.79. The van der Waals surface area contributed by atoms with E-state index in [9.17, 15) is 9.59 Å². The number of ether oxygens (including phenoxy) is 5. The molecule has 0 unspecified atom stereocenters. The summed E-state index contributed by atoms with van der Waals surface area (Å²) < 4.78 is 28.9. The molecule has 2 rings (SSSR count). The van der Waals surface area contributed by atoms with Crippen LogP contribution in [0.4, 0.5) is 4.79 Å². The summed E-state index contributed by atoms with van der Waals surface area (Å²) in [4.78, 5) is 24.9. The SMILES string of the molecule is CCCCO[C@H]1COC[C@H](NC(=O)OC(C)(C)C)C(=O)O[C@@H](C)[C@@H]1OCc1ccccc1. The molecular weight excluding hydrogens is 414 g/mol. The maximum atomic E-state index is 12.7. The van der Waals surface area contributed by atoms with E-state index in [4.69, 9.17) is 23.7 Å². The minimum atomic E-state index is -0.989. The van der Waals surface area contributed by atoms with Crippen molar-refractivity contribution in [3.8, 4) is 0 Å². The Kier molecular flexibility index (Phi) is 10.4. The molecule has 1 aliphatic rings. The van der Waals surface area contributed by atoms with Gasteiger partial charge in [0, 0.05) is 6.61 Å². The van der Waals surface area contributed by atoms with Crippen molar-refractivity contribution >= 4 is 12.1 Å². The average Bonchev–Trinajstić information content (AvgIpc) is 2.76. The van der Waals surface area contributed by atoms with Crippen LogP contribution < -0.4 is 5.32 Å². The number of nitrogens with one attached hydrogen (secondary N) is 1. The van der Waals surface area contributed by atoms with E-state index in [2.05, 4.69) is 12.2 Å². The van der Waals surface area contributed by atoms with Gasteiger partial charge in [0.1, 0.15) is 23.9 Å². The van der Waals surface area contributed by atoms with Gasteiger partial charge >= 0.3 is 12.1 Å². The fourth-order valence-electron chi connectivity index (χ4n) is 3.18. The Morgan fingerprint density at radius 1 is 1.16 bits per heavy atom. The normalized spacial score (nSPS) is 24.6. The monoisotopic (exact) mass is 451 g/mol. The van der Waals surface area contributed by atoms with Crippen molar-refractivity contribution in [3.63, 3.8) is 0 Å². The molecule has 1 heterocycles. The number of carbonyl (C=O) groups excluding carboxylic acids is 2. The summed E-state index contributed by atoms with van der Waals surface area (Å²) in [6, 6.07) is 8.77. The summed E-state index contributed by atoms with van der Waals surface area (Å²) >= 11 is 0. The van der Waals surface area contributed by atoms with Crippen molar-refractivity contribution in [2.24, 2.45) is 0 Å². The first-order valence-electron chi connectivity index (χ1n) is 11.2. The minimum absolute atomic E-state index is 0.0517. The van der Waals surface area contributed by atoms with Gasteiger partial charge in [0.15, 0.2) is 6.04 Å². The lowest BCUT2D eigenvalue weighted by molar-refractivity contribution is -0.169. The summed E-state index contributed by atoms with van der Waals surface area (Å²) in [6.07, 6.45) is -0.372. The molecule has 1 saturated heterocycles. The van der Waals surface area contributed by atoms with Crippen molar-refractivity contribution in [2.45, 2.75) is 84.0 Å². The quantitative estimate of drug-likeness (QED) is 0.477. The molecule has 1 amide bonds. The van der Waals surface area contributed by atoms with Crippen molar-refractivity contribution in [1.82, 2.24) is 5.32 Å². The van der Waals surface area contributed by atoms with Gasteiger partial charge in [-0.3, -0.25) is 0 Å². The van der Waals surface area contributed by atoms with E-state index in [-0.39, 0.29) is 13.2 Å². The zero-order valence-corrected chi connectivity index (χ0v) is 19.8. The Bertz CT molecular complexity index is 704. The number of hydrogen-bond acceptors (Lipinski definition) is 7. The Morgan fingerprint density at radius 3 is 2.53 bits per heavy atom. The maximum Gasteiger partial charge on any atom is 0.408 e. The zero-order chi connectivity index (χ0) is 23.6. The molecule has 0 radical (unpaired) electrons. The van der Waals surface area contributed by atoms with Gasteiger partial charge in [0.05, 0.1) is 19.8 Å². The van der Waals surface area contributed by atoms with Crippen molar-refractivity contribution in [1.29, 1.82) is 0 Å². The number of carbonyl (C=O) groups is 2. The summed E-state index contributed by atoms with van der Waals surface area (Å²) in [5, 5.41) is 2.54. The van der Waals surface area contributed by atoms with E-state index in [1.165, 1.54) is 0 Å². The van der Waals surface area contributed by atoms with E-state index in [0.717, 1.165) is 18.4 Å². The van der Waals surface area contributed by atoms with Crippen LogP contribution >= 0.6 is 0 Å². The Morgan fingerprint density at radius 2 is 1.88 bits per heavy atom. The first-order chi connectivity index (χ1) is 15.2. The molecule has 0 aliphatic carbocycles. The molecule has 1 fully saturated rings. The topological polar surface area (TPSA) is 92.3 Å². The molecule has 0 aromatic heterocycles. The lowest BCUT2D eigenvalue weighted by Crippen LogP contribution is -2.48. The van der Waals surface area contributed by atoms with Crippen LogP contribution in [0.15, 0.2) is 30.3 Å². The van der Waals surface area contributed by atoms with E-state index in [1.807, 2.05) is 30.3 Å². The van der Waals surface area contributed by atoms with Gasteiger partial charge in [0.25, 0.3) is 0 Å². The number of rotatable bonds is 8. The summed E-state index contributed by atoms with van der Waals surface area (Å²) in [7, 11) is 0. The van der Waals surface area contributed by atoms with Gasteiger partial charge in [0.2, 0.25) is 0 Å². The zero-order valence-electron chi connectivity index (χ0n) is 19.8. The second-order valence-corrected chi connectivity index (χ2v) is 8.90. The minimum Gasteiger partial charge on any atom is -0.458 e. The number of benzene rings is 1. The summed E-state index contributed by atoms with van der Waals surface area (Å²) in [6.45, 7) is 10.2. The molecular formula is C24H37NO7. The lowest BCUT2D eigenvalue weighted by atomic mass is 10.1. The largest absolute Gasteiger partial charge is 0.458 e. The van der Waals surface area contributed by atoms with Crippen molar-refractivity contribution in [2.75, 3.05) is 19.8 Å². The molecule has 0 bridgehead atoms. The number of cyclic esters (lactones) is 1. The third-order valence-electron chi connectivity index (χ3n) is 4.79. The van der Waals surface area contributed by atoms with E-state index in [1.54, 1.807) is 27.7 Å². The number of alkyl carbamates (subject to hydrolysis) is 1. The van der Waals surface area contributed by atoms with E-state index in [0.29, 0.717) is 13.2 Å². The Hall–Kier alpha value is -2.16. The van der Waals surface area contributed by atoms with Crippen molar-refractivity contribution < 1.29 is 33.3 Å². The number of hydrogen-bond donors (Lipinski definition) is 1. The Balaban J connectivity index is 2.10. The fourth-order valence-corrected chi connectivity index (χ4v) is 3.18. The second kappa shape index (κ2) is 12.8. The van der Waals surface area contributed by atoms with Crippen LogP contribution in [-0.4, -0.2) is 61.8 Å². The molecule has 180 valence electrons. The Labute approximate surface area is 190 Å². The molecule has 0 saturated carbocycles. The van der Waals surface area contributed by atoms with Crippen LogP contribution in [-0.2, 0) is 35.1 Å². The van der Waals surface area contributed by atoms with Gasteiger partial charge in [-0.1, -0.05) is 43.7 Å². The molecule has 8 nitrogen and oxygen atoms in total. The lowest BCUT2D eigenvalue weighted by Gasteiger charge is -2.30. The van der Waals surface area contributed by atoms with Gasteiger partial charge in [-0.25, -0.2) is 9.59 Å². The molecule has 0 spiro atoms. The number of amides is 1. The first-order valence-corrected chi connectivity index (χ1v) is 11.2. The highest BCUT2D eigenvalue weighted by Gasteiger charge is 2.36.